The molecule has 0 aliphatic carbocycles. The highest BCUT2D eigenvalue weighted by atomic mass is 35.5. The molecule has 0 atom stereocenters. The van der Waals surface area contributed by atoms with Gasteiger partial charge < -0.3 is 5.32 Å². The number of nitrogens with zero attached hydrogens (tertiary/aromatic N) is 4. The van der Waals surface area contributed by atoms with E-state index >= 15 is 0 Å². The highest BCUT2D eigenvalue weighted by Crippen LogP contribution is 2.22. The Bertz CT molecular complexity index is 612. The Hall–Kier alpha value is -1.33. The molecule has 20 heavy (non-hydrogen) atoms. The molecule has 6 heteroatoms. The molecule has 0 amide bonds. The van der Waals surface area contributed by atoms with Crippen LogP contribution in [-0.2, 0) is 20.1 Å². The number of hydrogen-bond donors (Lipinski definition) is 1. The normalized spacial score (nSPS) is 11.3. The summed E-state index contributed by atoms with van der Waals surface area (Å²) in [7, 11) is 1.92. The molecule has 0 radical (unpaired) electrons. The standard InChI is InChI=1S/C14H22ClN5/c1-6-16-7-12-9(2)18-20(11(12)4)8-13-14(15)10(3)17-19(13)5/h16H,6-8H2,1-5H3. The van der Waals surface area contributed by atoms with E-state index < -0.39 is 0 Å². The number of nitrogens with one attached hydrogen (secondary N) is 1. The molecule has 2 aromatic rings. The zero-order valence-corrected chi connectivity index (χ0v) is 13.5. The topological polar surface area (TPSA) is 47.7 Å². The van der Waals surface area contributed by atoms with Crippen LogP contribution in [-0.4, -0.2) is 26.1 Å². The van der Waals surface area contributed by atoms with E-state index in [4.69, 9.17) is 11.6 Å². The van der Waals surface area contributed by atoms with Gasteiger partial charge in [-0.15, -0.1) is 0 Å². The van der Waals surface area contributed by atoms with Crippen molar-refractivity contribution in [2.24, 2.45) is 7.05 Å². The van der Waals surface area contributed by atoms with Crippen LogP contribution >= 0.6 is 11.6 Å². The maximum Gasteiger partial charge on any atom is 0.0866 e. The average Bonchev–Trinajstić information content (AvgIpc) is 2.79. The number of halogens is 1. The summed E-state index contributed by atoms with van der Waals surface area (Å²) in [4.78, 5) is 0. The second kappa shape index (κ2) is 5.97. The molecule has 0 aromatic carbocycles. The van der Waals surface area contributed by atoms with Crippen molar-refractivity contribution in [2.45, 2.75) is 40.8 Å². The minimum absolute atomic E-state index is 0.648. The van der Waals surface area contributed by atoms with E-state index in [-0.39, 0.29) is 0 Å². The van der Waals surface area contributed by atoms with E-state index in [0.717, 1.165) is 35.2 Å². The predicted molar refractivity (Wildman–Crippen MR) is 81.1 cm³/mol. The molecule has 0 aliphatic heterocycles. The Morgan fingerprint density at radius 1 is 1.15 bits per heavy atom. The first-order chi connectivity index (χ1) is 9.45. The first kappa shape index (κ1) is 15.1. The summed E-state index contributed by atoms with van der Waals surface area (Å²) >= 11 is 6.31. The van der Waals surface area contributed by atoms with Gasteiger partial charge in [0.2, 0.25) is 0 Å². The van der Waals surface area contributed by atoms with Gasteiger partial charge in [0, 0.05) is 24.8 Å². The van der Waals surface area contributed by atoms with Crippen LogP contribution in [0.1, 0.15) is 35.3 Å². The lowest BCUT2D eigenvalue weighted by Crippen LogP contribution is -2.13. The third-order valence-corrected chi connectivity index (χ3v) is 4.14. The number of rotatable bonds is 5. The first-order valence-electron chi connectivity index (χ1n) is 6.87. The zero-order valence-electron chi connectivity index (χ0n) is 12.8. The van der Waals surface area contributed by atoms with Crippen molar-refractivity contribution in [1.29, 1.82) is 0 Å². The summed E-state index contributed by atoms with van der Waals surface area (Å²) in [5, 5.41) is 13.1. The molecule has 110 valence electrons. The monoisotopic (exact) mass is 295 g/mol. The first-order valence-corrected chi connectivity index (χ1v) is 7.25. The van der Waals surface area contributed by atoms with Crippen molar-refractivity contribution >= 4 is 11.6 Å². The third-order valence-electron chi connectivity index (χ3n) is 3.64. The fraction of sp³-hybridized carbons (Fsp3) is 0.571. The molecule has 0 aliphatic rings. The minimum atomic E-state index is 0.648. The van der Waals surface area contributed by atoms with Crippen LogP contribution in [0.25, 0.3) is 0 Å². The van der Waals surface area contributed by atoms with Gasteiger partial charge in [0.15, 0.2) is 0 Å². The molecule has 5 nitrogen and oxygen atoms in total. The van der Waals surface area contributed by atoms with Crippen LogP contribution in [0.2, 0.25) is 5.02 Å². The van der Waals surface area contributed by atoms with Gasteiger partial charge in [0.25, 0.3) is 0 Å². The maximum absolute atomic E-state index is 6.31. The van der Waals surface area contributed by atoms with Crippen molar-refractivity contribution in [3.05, 3.63) is 33.4 Å². The van der Waals surface area contributed by atoms with Crippen molar-refractivity contribution in [3.8, 4) is 0 Å². The molecule has 2 heterocycles. The summed E-state index contributed by atoms with van der Waals surface area (Å²) in [5.74, 6) is 0. The van der Waals surface area contributed by atoms with Crippen molar-refractivity contribution < 1.29 is 0 Å². The molecule has 0 fully saturated rings. The number of aryl methyl sites for hydroxylation is 3. The Morgan fingerprint density at radius 2 is 1.85 bits per heavy atom. The van der Waals surface area contributed by atoms with Gasteiger partial charge in [-0.3, -0.25) is 9.36 Å². The largest absolute Gasteiger partial charge is 0.313 e. The van der Waals surface area contributed by atoms with E-state index in [9.17, 15) is 0 Å². The summed E-state index contributed by atoms with van der Waals surface area (Å²) in [5.41, 5.74) is 5.36. The maximum atomic E-state index is 6.31. The molecular weight excluding hydrogens is 274 g/mol. The van der Waals surface area contributed by atoms with Crippen LogP contribution in [0.15, 0.2) is 0 Å². The Labute approximate surface area is 124 Å². The molecule has 0 saturated heterocycles. The molecule has 0 spiro atoms. The SMILES string of the molecule is CCNCc1c(C)nn(Cc2c(Cl)c(C)nn2C)c1C. The molecule has 2 rings (SSSR count). The Morgan fingerprint density at radius 3 is 2.40 bits per heavy atom. The zero-order chi connectivity index (χ0) is 14.9. The lowest BCUT2D eigenvalue weighted by atomic mass is 10.2. The summed E-state index contributed by atoms with van der Waals surface area (Å²) in [6.07, 6.45) is 0. The van der Waals surface area contributed by atoms with Crippen LogP contribution in [0.5, 0.6) is 0 Å². The molecule has 0 saturated carbocycles. The Balaban J connectivity index is 2.30. The Kier molecular flexibility index (Phi) is 4.50. The molecular formula is C14H22ClN5. The van der Waals surface area contributed by atoms with Gasteiger partial charge >= 0.3 is 0 Å². The second-order valence-corrected chi connectivity index (χ2v) is 5.44. The van der Waals surface area contributed by atoms with E-state index in [1.807, 2.05) is 30.3 Å². The fourth-order valence-electron chi connectivity index (χ4n) is 2.39. The average molecular weight is 296 g/mol. The van der Waals surface area contributed by atoms with Crippen LogP contribution in [0.3, 0.4) is 0 Å². The summed E-state index contributed by atoms with van der Waals surface area (Å²) in [6.45, 7) is 10.6. The van der Waals surface area contributed by atoms with Gasteiger partial charge in [-0.2, -0.15) is 10.2 Å². The van der Waals surface area contributed by atoms with Crippen LogP contribution in [0.4, 0.5) is 0 Å². The van der Waals surface area contributed by atoms with E-state index in [1.54, 1.807) is 0 Å². The molecule has 0 unspecified atom stereocenters. The van der Waals surface area contributed by atoms with Crippen molar-refractivity contribution in [3.63, 3.8) is 0 Å². The van der Waals surface area contributed by atoms with Crippen molar-refractivity contribution in [2.75, 3.05) is 6.54 Å². The van der Waals surface area contributed by atoms with Crippen LogP contribution < -0.4 is 5.32 Å². The number of hydrogen-bond acceptors (Lipinski definition) is 3. The smallest absolute Gasteiger partial charge is 0.0866 e. The quantitative estimate of drug-likeness (QED) is 0.921. The number of aromatic nitrogens is 4. The highest BCUT2D eigenvalue weighted by Gasteiger charge is 2.16. The summed E-state index contributed by atoms with van der Waals surface area (Å²) in [6, 6.07) is 0. The van der Waals surface area contributed by atoms with E-state index in [1.165, 1.54) is 11.3 Å². The lowest BCUT2D eigenvalue weighted by molar-refractivity contribution is 0.602. The molecule has 0 bridgehead atoms. The van der Waals surface area contributed by atoms with Gasteiger partial charge in [-0.1, -0.05) is 18.5 Å². The molecule has 1 N–H and O–H groups in total. The predicted octanol–water partition coefficient (Wildman–Crippen LogP) is 2.35. The van der Waals surface area contributed by atoms with Gasteiger partial charge in [-0.25, -0.2) is 0 Å². The van der Waals surface area contributed by atoms with Gasteiger partial charge in [0.1, 0.15) is 0 Å². The van der Waals surface area contributed by atoms with E-state index in [2.05, 4.69) is 29.4 Å². The minimum Gasteiger partial charge on any atom is -0.313 e. The highest BCUT2D eigenvalue weighted by molar-refractivity contribution is 6.31. The van der Waals surface area contributed by atoms with Gasteiger partial charge in [-0.05, 0) is 27.3 Å². The third kappa shape index (κ3) is 2.74. The van der Waals surface area contributed by atoms with Crippen LogP contribution in [0, 0.1) is 20.8 Å². The lowest BCUT2D eigenvalue weighted by Gasteiger charge is -2.07. The van der Waals surface area contributed by atoms with Gasteiger partial charge in [0.05, 0.1) is 28.6 Å². The van der Waals surface area contributed by atoms with E-state index in [0.29, 0.717) is 6.54 Å². The van der Waals surface area contributed by atoms with Crippen molar-refractivity contribution in [1.82, 2.24) is 24.9 Å². The second-order valence-electron chi connectivity index (χ2n) is 5.06. The molecule has 2 aromatic heterocycles. The fourth-order valence-corrected chi connectivity index (χ4v) is 2.61. The summed E-state index contributed by atoms with van der Waals surface area (Å²) < 4.78 is 3.84.